The van der Waals surface area contributed by atoms with Crippen LogP contribution >= 0.6 is 11.3 Å². The lowest BCUT2D eigenvalue weighted by atomic mass is 10.1. The molecule has 0 spiro atoms. The first-order chi connectivity index (χ1) is 16.2. The summed E-state index contributed by atoms with van der Waals surface area (Å²) in [6, 6.07) is 15.3. The number of piperazine rings is 1. The maximum absolute atomic E-state index is 13.2. The normalized spacial score (nSPS) is 14.7. The van der Waals surface area contributed by atoms with Gasteiger partial charge in [-0.05, 0) is 50.2 Å². The number of halogens is 3. The summed E-state index contributed by atoms with van der Waals surface area (Å²) in [6.45, 7) is 5.82. The number of aromatic nitrogens is 2. The molecule has 0 bridgehead atoms. The first-order valence-electron chi connectivity index (χ1n) is 11.0. The molecule has 0 N–H and O–H groups in total. The molecule has 176 valence electrons. The Kier molecular flexibility index (Phi) is 5.59. The number of hydrogen-bond acceptors (Lipinski definition) is 4. The zero-order valence-electron chi connectivity index (χ0n) is 18.8. The lowest BCUT2D eigenvalue weighted by molar-refractivity contribution is -0.137. The molecule has 5 rings (SSSR count). The van der Waals surface area contributed by atoms with Crippen molar-refractivity contribution < 1.29 is 18.0 Å². The summed E-state index contributed by atoms with van der Waals surface area (Å²) in [7, 11) is 0. The van der Waals surface area contributed by atoms with Crippen molar-refractivity contribution in [3.05, 3.63) is 76.3 Å². The van der Waals surface area contributed by atoms with Crippen LogP contribution in [0.2, 0.25) is 0 Å². The molecule has 2 aromatic heterocycles. The van der Waals surface area contributed by atoms with Crippen LogP contribution in [0.15, 0.2) is 54.6 Å². The Morgan fingerprint density at radius 3 is 2.32 bits per heavy atom. The predicted octanol–water partition coefficient (Wildman–Crippen LogP) is 5.69. The van der Waals surface area contributed by atoms with Crippen LogP contribution in [0.5, 0.6) is 0 Å². The molecular formula is C25H23F3N4OS. The fraction of sp³-hybridized carbons (Fsp3) is 0.280. The Labute approximate surface area is 199 Å². The summed E-state index contributed by atoms with van der Waals surface area (Å²) in [6.07, 6.45) is -4.37. The van der Waals surface area contributed by atoms with Gasteiger partial charge in [-0.3, -0.25) is 4.79 Å². The second-order valence-electron chi connectivity index (χ2n) is 8.49. The minimum Gasteiger partial charge on any atom is -0.368 e. The van der Waals surface area contributed by atoms with E-state index in [1.807, 2.05) is 53.8 Å². The fourth-order valence-corrected chi connectivity index (χ4v) is 5.37. The number of nitrogens with zero attached hydrogens (tertiary/aromatic N) is 4. The molecule has 1 aliphatic rings. The molecule has 0 aliphatic carbocycles. The van der Waals surface area contributed by atoms with Gasteiger partial charge in [0.05, 0.1) is 21.8 Å². The number of fused-ring (bicyclic) bond motifs is 1. The number of aryl methyl sites for hydroxylation is 2. The Balaban J connectivity index is 1.33. The van der Waals surface area contributed by atoms with E-state index in [2.05, 4.69) is 5.10 Å². The van der Waals surface area contributed by atoms with E-state index < -0.39 is 11.7 Å². The van der Waals surface area contributed by atoms with Crippen molar-refractivity contribution in [3.63, 3.8) is 0 Å². The molecule has 4 aromatic rings. The van der Waals surface area contributed by atoms with Gasteiger partial charge in [0.15, 0.2) is 0 Å². The van der Waals surface area contributed by atoms with Gasteiger partial charge in [0.1, 0.15) is 4.83 Å². The molecule has 3 heterocycles. The molecule has 0 radical (unpaired) electrons. The maximum atomic E-state index is 13.2. The van der Waals surface area contributed by atoms with Crippen molar-refractivity contribution in [1.29, 1.82) is 0 Å². The number of amides is 1. The fourth-order valence-electron chi connectivity index (χ4n) is 4.22. The molecule has 1 fully saturated rings. The van der Waals surface area contributed by atoms with Crippen molar-refractivity contribution in [2.24, 2.45) is 0 Å². The average molecular weight is 485 g/mol. The van der Waals surface area contributed by atoms with E-state index in [1.165, 1.54) is 23.5 Å². The van der Waals surface area contributed by atoms with Crippen molar-refractivity contribution in [2.45, 2.75) is 20.0 Å². The Hall–Kier alpha value is -3.33. The highest BCUT2D eigenvalue weighted by Crippen LogP contribution is 2.33. The van der Waals surface area contributed by atoms with Gasteiger partial charge in [-0.2, -0.15) is 18.3 Å². The lowest BCUT2D eigenvalue weighted by Gasteiger charge is -2.36. The van der Waals surface area contributed by atoms with Crippen molar-refractivity contribution in [2.75, 3.05) is 31.1 Å². The van der Waals surface area contributed by atoms with Gasteiger partial charge in [0, 0.05) is 37.3 Å². The van der Waals surface area contributed by atoms with E-state index in [9.17, 15) is 18.0 Å². The third-order valence-electron chi connectivity index (χ3n) is 6.14. The largest absolute Gasteiger partial charge is 0.416 e. The molecule has 1 amide bonds. The van der Waals surface area contributed by atoms with Gasteiger partial charge in [0.2, 0.25) is 0 Å². The zero-order valence-corrected chi connectivity index (χ0v) is 19.6. The number of rotatable bonds is 3. The van der Waals surface area contributed by atoms with Gasteiger partial charge in [-0.25, -0.2) is 4.68 Å². The van der Waals surface area contributed by atoms with Crippen LogP contribution in [0.1, 0.15) is 26.5 Å². The van der Waals surface area contributed by atoms with Crippen LogP contribution in [0.3, 0.4) is 0 Å². The third-order valence-corrected chi connectivity index (χ3v) is 7.24. The Bertz CT molecular complexity index is 1350. The number of thiophene rings is 1. The average Bonchev–Trinajstić information content (AvgIpc) is 3.39. The molecule has 0 saturated carbocycles. The van der Waals surface area contributed by atoms with Crippen LogP contribution in [-0.4, -0.2) is 46.8 Å². The number of anilines is 1. The smallest absolute Gasteiger partial charge is 0.368 e. The minimum absolute atomic E-state index is 0.0558. The van der Waals surface area contributed by atoms with Crippen LogP contribution in [0.4, 0.5) is 18.9 Å². The number of hydrogen-bond donors (Lipinski definition) is 0. The summed E-state index contributed by atoms with van der Waals surface area (Å²) in [4.78, 5) is 18.5. The SMILES string of the molecule is Cc1ccc(-n2nc(C)c3cc(C(=O)N4CCN(c5cccc(C(F)(F)F)c5)CC4)sc32)cc1. The highest BCUT2D eigenvalue weighted by molar-refractivity contribution is 7.20. The quantitative estimate of drug-likeness (QED) is 0.375. The molecule has 5 nitrogen and oxygen atoms in total. The number of carbonyl (C=O) groups is 1. The summed E-state index contributed by atoms with van der Waals surface area (Å²) < 4.78 is 41.0. The monoisotopic (exact) mass is 484 g/mol. The second kappa shape index (κ2) is 8.47. The van der Waals surface area contributed by atoms with Crippen LogP contribution < -0.4 is 4.90 Å². The highest BCUT2D eigenvalue weighted by Gasteiger charge is 2.31. The molecule has 34 heavy (non-hydrogen) atoms. The van der Waals surface area contributed by atoms with Crippen molar-refractivity contribution in [3.8, 4) is 5.69 Å². The molecule has 1 aliphatic heterocycles. The van der Waals surface area contributed by atoms with Gasteiger partial charge < -0.3 is 9.80 Å². The highest BCUT2D eigenvalue weighted by atomic mass is 32.1. The number of alkyl halides is 3. The molecule has 0 unspecified atom stereocenters. The summed E-state index contributed by atoms with van der Waals surface area (Å²) in [5, 5.41) is 5.60. The van der Waals surface area contributed by atoms with E-state index in [0.717, 1.165) is 33.2 Å². The third kappa shape index (κ3) is 4.16. The molecule has 9 heteroatoms. The summed E-state index contributed by atoms with van der Waals surface area (Å²) >= 11 is 1.42. The second-order valence-corrected chi connectivity index (χ2v) is 9.52. The Morgan fingerprint density at radius 2 is 1.65 bits per heavy atom. The van der Waals surface area contributed by atoms with E-state index >= 15 is 0 Å². The van der Waals surface area contributed by atoms with Gasteiger partial charge >= 0.3 is 6.18 Å². The molecule has 1 saturated heterocycles. The van der Waals surface area contributed by atoms with Crippen LogP contribution in [0, 0.1) is 13.8 Å². The van der Waals surface area contributed by atoms with Gasteiger partial charge in [0.25, 0.3) is 5.91 Å². The summed E-state index contributed by atoms with van der Waals surface area (Å²) in [5.74, 6) is -0.0558. The number of carbonyl (C=O) groups excluding carboxylic acids is 1. The number of benzene rings is 2. The topological polar surface area (TPSA) is 41.4 Å². The standard InChI is InChI=1S/C25H23F3N4OS/c1-16-6-8-19(9-7-16)32-24-21(17(2)29-32)15-22(34-24)23(33)31-12-10-30(11-13-31)20-5-3-4-18(14-20)25(26,27)28/h3-9,14-15H,10-13H2,1-2H3. The summed E-state index contributed by atoms with van der Waals surface area (Å²) in [5.41, 5.74) is 2.83. The Morgan fingerprint density at radius 1 is 0.941 bits per heavy atom. The molecular weight excluding hydrogens is 461 g/mol. The van der Waals surface area contributed by atoms with Crippen molar-refractivity contribution >= 4 is 33.1 Å². The first kappa shape index (κ1) is 22.5. The minimum atomic E-state index is -4.37. The first-order valence-corrected chi connectivity index (χ1v) is 11.8. The van der Waals surface area contributed by atoms with E-state index in [0.29, 0.717) is 36.7 Å². The zero-order chi connectivity index (χ0) is 24.0. The van der Waals surface area contributed by atoms with E-state index in [1.54, 1.807) is 11.0 Å². The van der Waals surface area contributed by atoms with Crippen LogP contribution in [0.25, 0.3) is 15.9 Å². The predicted molar refractivity (Wildman–Crippen MR) is 128 cm³/mol. The van der Waals surface area contributed by atoms with Crippen molar-refractivity contribution in [1.82, 2.24) is 14.7 Å². The van der Waals surface area contributed by atoms with Gasteiger partial charge in [-0.15, -0.1) is 11.3 Å². The van der Waals surface area contributed by atoms with E-state index in [4.69, 9.17) is 0 Å². The van der Waals surface area contributed by atoms with E-state index in [-0.39, 0.29) is 5.91 Å². The van der Waals surface area contributed by atoms with Gasteiger partial charge in [-0.1, -0.05) is 23.8 Å². The molecule has 2 aromatic carbocycles. The lowest BCUT2D eigenvalue weighted by Crippen LogP contribution is -2.48. The van der Waals surface area contributed by atoms with Crippen LogP contribution in [-0.2, 0) is 6.18 Å². The maximum Gasteiger partial charge on any atom is 0.416 e. The molecule has 0 atom stereocenters.